The molecule has 0 saturated heterocycles. The van der Waals surface area contributed by atoms with Gasteiger partial charge in [0.1, 0.15) is 5.82 Å². The van der Waals surface area contributed by atoms with Gasteiger partial charge >= 0.3 is 0 Å². The van der Waals surface area contributed by atoms with Crippen molar-refractivity contribution in [1.82, 2.24) is 0 Å². The lowest BCUT2D eigenvalue weighted by atomic mass is 10.2. The zero-order valence-corrected chi connectivity index (χ0v) is 10.4. The lowest BCUT2D eigenvalue weighted by Crippen LogP contribution is -2.00. The van der Waals surface area contributed by atoms with Crippen LogP contribution in [0.15, 0.2) is 42.5 Å². The summed E-state index contributed by atoms with van der Waals surface area (Å²) in [5.41, 5.74) is 1.59. The summed E-state index contributed by atoms with van der Waals surface area (Å²) in [6.45, 7) is 0.498. The van der Waals surface area contributed by atoms with Crippen molar-refractivity contribution >= 4 is 28.9 Å². The smallest absolute Gasteiger partial charge is 0.123 e. The maximum atomic E-state index is 13.0. The van der Waals surface area contributed by atoms with Crippen molar-refractivity contribution in [3.05, 3.63) is 63.9 Å². The maximum Gasteiger partial charge on any atom is 0.123 e. The summed E-state index contributed by atoms with van der Waals surface area (Å²) in [7, 11) is 0. The fourth-order valence-corrected chi connectivity index (χ4v) is 1.85. The fraction of sp³-hybridized carbons (Fsp3) is 0.0769. The molecule has 0 aliphatic heterocycles. The zero-order chi connectivity index (χ0) is 12.3. The molecule has 0 bridgehead atoms. The third-order valence-corrected chi connectivity index (χ3v) is 3.14. The number of hydrogen-bond acceptors (Lipinski definition) is 1. The van der Waals surface area contributed by atoms with Crippen LogP contribution >= 0.6 is 23.2 Å². The Morgan fingerprint density at radius 2 is 1.82 bits per heavy atom. The van der Waals surface area contributed by atoms with Crippen LogP contribution in [0.3, 0.4) is 0 Å². The highest BCUT2D eigenvalue weighted by atomic mass is 35.5. The minimum atomic E-state index is -0.249. The van der Waals surface area contributed by atoms with E-state index in [4.69, 9.17) is 23.2 Å². The Kier molecular flexibility index (Phi) is 3.87. The van der Waals surface area contributed by atoms with E-state index in [0.717, 1.165) is 11.3 Å². The summed E-state index contributed by atoms with van der Waals surface area (Å²) < 4.78 is 13.0. The number of hydrogen-bond donors (Lipinski definition) is 1. The fourth-order valence-electron chi connectivity index (χ4n) is 1.48. The second-order valence-electron chi connectivity index (χ2n) is 3.58. The van der Waals surface area contributed by atoms with Crippen molar-refractivity contribution in [3.63, 3.8) is 0 Å². The Morgan fingerprint density at radius 1 is 1.06 bits per heavy atom. The van der Waals surface area contributed by atoms with E-state index in [0.29, 0.717) is 16.6 Å². The molecule has 0 amide bonds. The molecule has 0 aliphatic rings. The van der Waals surface area contributed by atoms with Gasteiger partial charge in [0.05, 0.1) is 15.7 Å². The molecule has 0 saturated carbocycles. The molecule has 0 fully saturated rings. The Balaban J connectivity index is 2.10. The normalized spacial score (nSPS) is 10.3. The molecule has 4 heteroatoms. The number of nitrogens with one attached hydrogen (secondary N) is 1. The second kappa shape index (κ2) is 5.39. The standard InChI is InChI=1S/C13H10Cl2FN/c14-11-5-2-6-12(13(11)15)17-8-9-3-1-4-10(16)7-9/h1-7,17H,8H2. The number of halogens is 3. The number of benzene rings is 2. The lowest BCUT2D eigenvalue weighted by molar-refractivity contribution is 0.626. The van der Waals surface area contributed by atoms with E-state index in [1.807, 2.05) is 18.2 Å². The topological polar surface area (TPSA) is 12.0 Å². The van der Waals surface area contributed by atoms with Crippen molar-refractivity contribution < 1.29 is 4.39 Å². The van der Waals surface area contributed by atoms with Crippen LogP contribution in [0.2, 0.25) is 10.0 Å². The van der Waals surface area contributed by atoms with Gasteiger partial charge in [-0.1, -0.05) is 41.4 Å². The van der Waals surface area contributed by atoms with Crippen LogP contribution in [0.5, 0.6) is 0 Å². The Hall–Kier alpha value is -1.25. The Labute approximate surface area is 109 Å². The van der Waals surface area contributed by atoms with E-state index in [9.17, 15) is 4.39 Å². The van der Waals surface area contributed by atoms with Crippen LogP contribution in [0.25, 0.3) is 0 Å². The first kappa shape index (κ1) is 12.2. The van der Waals surface area contributed by atoms with Crippen molar-refractivity contribution in [1.29, 1.82) is 0 Å². The summed E-state index contributed by atoms with van der Waals surface area (Å²) in [5, 5.41) is 4.09. The van der Waals surface area contributed by atoms with Crippen molar-refractivity contribution in [2.24, 2.45) is 0 Å². The predicted octanol–water partition coefficient (Wildman–Crippen LogP) is 4.74. The highest BCUT2D eigenvalue weighted by Crippen LogP contribution is 2.29. The van der Waals surface area contributed by atoms with E-state index in [1.165, 1.54) is 12.1 Å². The molecule has 0 aliphatic carbocycles. The van der Waals surface area contributed by atoms with Crippen molar-refractivity contribution in [2.45, 2.75) is 6.54 Å². The van der Waals surface area contributed by atoms with E-state index < -0.39 is 0 Å². The van der Waals surface area contributed by atoms with Crippen LogP contribution in [-0.4, -0.2) is 0 Å². The molecular weight excluding hydrogens is 260 g/mol. The first-order valence-corrected chi connectivity index (χ1v) is 5.85. The molecule has 0 heterocycles. The summed E-state index contributed by atoms with van der Waals surface area (Å²) in [4.78, 5) is 0. The SMILES string of the molecule is Fc1cccc(CNc2cccc(Cl)c2Cl)c1. The van der Waals surface area contributed by atoms with Gasteiger partial charge in [-0.15, -0.1) is 0 Å². The summed E-state index contributed by atoms with van der Waals surface area (Å²) in [5.74, 6) is -0.249. The van der Waals surface area contributed by atoms with Crippen molar-refractivity contribution in [2.75, 3.05) is 5.32 Å². The predicted molar refractivity (Wildman–Crippen MR) is 70.2 cm³/mol. The third-order valence-electron chi connectivity index (χ3n) is 2.32. The molecule has 2 aromatic rings. The van der Waals surface area contributed by atoms with Gasteiger partial charge in [-0.3, -0.25) is 0 Å². The molecule has 0 atom stereocenters. The lowest BCUT2D eigenvalue weighted by Gasteiger charge is -2.09. The largest absolute Gasteiger partial charge is 0.380 e. The highest BCUT2D eigenvalue weighted by molar-refractivity contribution is 6.43. The zero-order valence-electron chi connectivity index (χ0n) is 8.88. The van der Waals surface area contributed by atoms with Crippen LogP contribution in [0.1, 0.15) is 5.56 Å². The van der Waals surface area contributed by atoms with E-state index in [2.05, 4.69) is 5.32 Å². The molecule has 0 aromatic heterocycles. The molecule has 0 unspecified atom stereocenters. The van der Waals surface area contributed by atoms with Gasteiger partial charge in [-0.2, -0.15) is 0 Å². The van der Waals surface area contributed by atoms with Gasteiger partial charge in [0.2, 0.25) is 0 Å². The maximum absolute atomic E-state index is 13.0. The Bertz CT molecular complexity index is 529. The molecule has 1 N–H and O–H groups in total. The molecular formula is C13H10Cl2FN. The molecule has 0 radical (unpaired) electrons. The number of rotatable bonds is 3. The summed E-state index contributed by atoms with van der Waals surface area (Å²) in [6.07, 6.45) is 0. The highest BCUT2D eigenvalue weighted by Gasteiger charge is 2.03. The van der Waals surface area contributed by atoms with Gasteiger partial charge in [0.25, 0.3) is 0 Å². The van der Waals surface area contributed by atoms with Gasteiger partial charge in [0, 0.05) is 6.54 Å². The first-order chi connectivity index (χ1) is 8.16. The first-order valence-electron chi connectivity index (χ1n) is 5.09. The third kappa shape index (κ3) is 3.11. The molecule has 0 spiro atoms. The van der Waals surface area contributed by atoms with E-state index >= 15 is 0 Å². The van der Waals surface area contributed by atoms with E-state index in [1.54, 1.807) is 12.1 Å². The average molecular weight is 270 g/mol. The van der Waals surface area contributed by atoms with Crippen molar-refractivity contribution in [3.8, 4) is 0 Å². The minimum Gasteiger partial charge on any atom is -0.380 e. The summed E-state index contributed by atoms with van der Waals surface area (Å²) in [6, 6.07) is 11.8. The van der Waals surface area contributed by atoms with Gasteiger partial charge in [0.15, 0.2) is 0 Å². The van der Waals surface area contributed by atoms with Crippen LogP contribution < -0.4 is 5.32 Å². The Morgan fingerprint density at radius 3 is 2.59 bits per heavy atom. The molecule has 2 rings (SSSR count). The van der Waals surface area contributed by atoms with E-state index in [-0.39, 0.29) is 5.82 Å². The number of anilines is 1. The molecule has 17 heavy (non-hydrogen) atoms. The van der Waals surface area contributed by atoms with Crippen LogP contribution in [0, 0.1) is 5.82 Å². The minimum absolute atomic E-state index is 0.249. The van der Waals surface area contributed by atoms with Gasteiger partial charge < -0.3 is 5.32 Å². The van der Waals surface area contributed by atoms with Gasteiger partial charge in [-0.25, -0.2) is 4.39 Å². The average Bonchev–Trinajstić information content (AvgIpc) is 2.31. The van der Waals surface area contributed by atoms with Crippen LogP contribution in [-0.2, 0) is 6.54 Å². The quantitative estimate of drug-likeness (QED) is 0.849. The molecule has 1 nitrogen and oxygen atoms in total. The molecule has 88 valence electrons. The second-order valence-corrected chi connectivity index (χ2v) is 4.37. The van der Waals surface area contributed by atoms with Crippen LogP contribution in [0.4, 0.5) is 10.1 Å². The summed E-state index contributed by atoms with van der Waals surface area (Å²) >= 11 is 11.9. The molecule has 2 aromatic carbocycles. The van der Waals surface area contributed by atoms with Gasteiger partial charge in [-0.05, 0) is 29.8 Å². The monoisotopic (exact) mass is 269 g/mol.